The van der Waals surface area contributed by atoms with Crippen molar-refractivity contribution in [1.82, 2.24) is 0 Å². The van der Waals surface area contributed by atoms with Crippen LogP contribution in [0.3, 0.4) is 0 Å². The molecule has 0 N–H and O–H groups in total. The number of hydrogen-bond acceptors (Lipinski definition) is 3. The lowest BCUT2D eigenvalue weighted by Gasteiger charge is -2.13. The second kappa shape index (κ2) is 5.16. The van der Waals surface area contributed by atoms with Crippen molar-refractivity contribution < 1.29 is 14.3 Å². The molecule has 81 valence electrons. The average molecular weight is 215 g/mol. The zero-order valence-corrected chi connectivity index (χ0v) is 8.63. The average Bonchev–Trinajstić information content (AvgIpc) is 2.38. The largest absolute Gasteiger partial charge is 0.486 e. The molecule has 1 radical (unpaired) electrons. The summed E-state index contributed by atoms with van der Waals surface area (Å²) in [4.78, 5) is 11.6. The molecule has 1 aliphatic heterocycles. The molecule has 1 aliphatic rings. The summed E-state index contributed by atoms with van der Waals surface area (Å²) in [6, 6.07) is 10.0. The highest BCUT2D eigenvalue weighted by atomic mass is 16.5. The molecule has 0 saturated heterocycles. The summed E-state index contributed by atoms with van der Waals surface area (Å²) in [6.45, 7) is -0.0106. The maximum absolute atomic E-state index is 11.6. The molecule has 0 aromatic heterocycles. The standard InChI is InChI=1S/C13H11O3/c14-12(13-8-4-5-9-15-13)10-16-11-6-2-1-3-7-11/h1-6,8-9,13H,10H2. The minimum absolute atomic E-state index is 0.0106. The minimum atomic E-state index is -0.534. The van der Waals surface area contributed by atoms with E-state index < -0.39 is 6.10 Å². The van der Waals surface area contributed by atoms with E-state index in [2.05, 4.69) is 6.07 Å². The van der Waals surface area contributed by atoms with Crippen molar-refractivity contribution in [2.75, 3.05) is 6.61 Å². The van der Waals surface area contributed by atoms with E-state index in [9.17, 15) is 4.79 Å². The van der Waals surface area contributed by atoms with Gasteiger partial charge in [-0.15, -0.1) is 0 Å². The molecule has 1 aromatic rings. The third kappa shape index (κ3) is 2.73. The van der Waals surface area contributed by atoms with Crippen LogP contribution in [0.2, 0.25) is 0 Å². The van der Waals surface area contributed by atoms with E-state index in [-0.39, 0.29) is 12.4 Å². The fraction of sp³-hybridized carbons (Fsp3) is 0.154. The molecule has 3 nitrogen and oxygen atoms in total. The Morgan fingerprint density at radius 3 is 3.06 bits per heavy atom. The lowest BCUT2D eigenvalue weighted by molar-refractivity contribution is -0.127. The number of allylic oxidation sites excluding steroid dienone is 2. The van der Waals surface area contributed by atoms with E-state index in [0.29, 0.717) is 5.75 Å². The third-order valence-electron chi connectivity index (χ3n) is 2.07. The number of ether oxygens (including phenoxy) is 2. The van der Waals surface area contributed by atoms with Crippen LogP contribution in [0.25, 0.3) is 0 Å². The molecular weight excluding hydrogens is 204 g/mol. The molecule has 0 spiro atoms. The van der Waals surface area contributed by atoms with E-state index in [1.54, 1.807) is 30.4 Å². The quantitative estimate of drug-likeness (QED) is 0.769. The molecular formula is C13H11O3. The number of Topliss-reactive ketones (excluding diaryl/α,β-unsaturated/α-hetero) is 1. The number of carbonyl (C=O) groups is 1. The summed E-state index contributed by atoms with van der Waals surface area (Å²) >= 11 is 0. The number of benzene rings is 1. The Morgan fingerprint density at radius 2 is 2.38 bits per heavy atom. The Morgan fingerprint density at radius 1 is 1.44 bits per heavy atom. The second-order valence-corrected chi connectivity index (χ2v) is 3.25. The van der Waals surface area contributed by atoms with Gasteiger partial charge in [0.05, 0.1) is 6.26 Å². The molecule has 0 fully saturated rings. The fourth-order valence-electron chi connectivity index (χ4n) is 1.27. The summed E-state index contributed by atoms with van der Waals surface area (Å²) < 4.78 is 10.4. The van der Waals surface area contributed by atoms with Crippen molar-refractivity contribution in [2.24, 2.45) is 0 Å². The van der Waals surface area contributed by atoms with Gasteiger partial charge in [0.2, 0.25) is 5.78 Å². The first-order valence-corrected chi connectivity index (χ1v) is 4.97. The Bertz CT molecular complexity index is 406. The Labute approximate surface area is 94.0 Å². The lowest BCUT2D eigenvalue weighted by atomic mass is 10.2. The summed E-state index contributed by atoms with van der Waals surface area (Å²) in [7, 11) is 0. The van der Waals surface area contributed by atoms with Gasteiger partial charge in [0, 0.05) is 6.07 Å². The van der Waals surface area contributed by atoms with Crippen LogP contribution in [-0.4, -0.2) is 18.5 Å². The highest BCUT2D eigenvalue weighted by Crippen LogP contribution is 2.09. The van der Waals surface area contributed by atoms with Gasteiger partial charge in [-0.2, -0.15) is 0 Å². The highest BCUT2D eigenvalue weighted by molar-refractivity contribution is 5.86. The maximum atomic E-state index is 11.6. The molecule has 1 heterocycles. The van der Waals surface area contributed by atoms with E-state index in [1.807, 2.05) is 12.1 Å². The third-order valence-corrected chi connectivity index (χ3v) is 2.07. The van der Waals surface area contributed by atoms with E-state index in [4.69, 9.17) is 9.47 Å². The zero-order valence-electron chi connectivity index (χ0n) is 8.63. The summed E-state index contributed by atoms with van der Waals surface area (Å²) in [6.07, 6.45) is 6.17. The van der Waals surface area contributed by atoms with Gasteiger partial charge in [-0.1, -0.05) is 24.3 Å². The predicted molar refractivity (Wildman–Crippen MR) is 58.9 cm³/mol. The van der Waals surface area contributed by atoms with Crippen LogP contribution in [0.4, 0.5) is 0 Å². The van der Waals surface area contributed by atoms with Crippen molar-refractivity contribution in [3.8, 4) is 5.75 Å². The fourth-order valence-corrected chi connectivity index (χ4v) is 1.27. The van der Waals surface area contributed by atoms with Crippen molar-refractivity contribution in [1.29, 1.82) is 0 Å². The van der Waals surface area contributed by atoms with Crippen LogP contribution < -0.4 is 4.74 Å². The van der Waals surface area contributed by atoms with Crippen molar-refractivity contribution in [2.45, 2.75) is 6.10 Å². The van der Waals surface area contributed by atoms with Gasteiger partial charge in [-0.3, -0.25) is 4.79 Å². The van der Waals surface area contributed by atoms with Crippen LogP contribution in [0, 0.1) is 6.07 Å². The van der Waals surface area contributed by atoms with Gasteiger partial charge in [-0.25, -0.2) is 0 Å². The van der Waals surface area contributed by atoms with Gasteiger partial charge in [-0.05, 0) is 18.2 Å². The Hall–Kier alpha value is -2.03. The first kappa shape index (κ1) is 10.5. The Balaban J connectivity index is 1.84. The van der Waals surface area contributed by atoms with Gasteiger partial charge in [0.25, 0.3) is 0 Å². The second-order valence-electron chi connectivity index (χ2n) is 3.25. The molecule has 2 rings (SSSR count). The van der Waals surface area contributed by atoms with Gasteiger partial charge >= 0.3 is 0 Å². The summed E-state index contributed by atoms with van der Waals surface area (Å²) in [5.41, 5.74) is 0. The van der Waals surface area contributed by atoms with Crippen molar-refractivity contribution >= 4 is 5.78 Å². The monoisotopic (exact) mass is 215 g/mol. The van der Waals surface area contributed by atoms with Crippen molar-refractivity contribution in [3.63, 3.8) is 0 Å². The van der Waals surface area contributed by atoms with Crippen LogP contribution in [-0.2, 0) is 9.53 Å². The minimum Gasteiger partial charge on any atom is -0.486 e. The molecule has 1 aromatic carbocycles. The number of carbonyl (C=O) groups excluding carboxylic acids is 1. The normalized spacial score (nSPS) is 17.9. The molecule has 0 aliphatic carbocycles. The zero-order chi connectivity index (χ0) is 11.2. The Kier molecular flexibility index (Phi) is 3.38. The molecule has 3 heteroatoms. The smallest absolute Gasteiger partial charge is 0.214 e. The number of rotatable bonds is 4. The van der Waals surface area contributed by atoms with Gasteiger partial charge in [0.1, 0.15) is 5.75 Å². The molecule has 1 unspecified atom stereocenters. The van der Waals surface area contributed by atoms with E-state index in [1.165, 1.54) is 6.26 Å². The SMILES string of the molecule is O=C(COc1[c]cccc1)C1C=CC=CO1. The highest BCUT2D eigenvalue weighted by Gasteiger charge is 2.17. The van der Waals surface area contributed by atoms with Gasteiger partial charge < -0.3 is 9.47 Å². The van der Waals surface area contributed by atoms with Crippen LogP contribution in [0.5, 0.6) is 5.75 Å². The number of ketones is 1. The van der Waals surface area contributed by atoms with E-state index in [0.717, 1.165) is 0 Å². The van der Waals surface area contributed by atoms with Crippen LogP contribution in [0.15, 0.2) is 48.8 Å². The summed E-state index contributed by atoms with van der Waals surface area (Å²) in [5.74, 6) is 0.448. The van der Waals surface area contributed by atoms with Crippen molar-refractivity contribution in [3.05, 3.63) is 54.8 Å². The summed E-state index contributed by atoms with van der Waals surface area (Å²) in [5, 5.41) is 0. The van der Waals surface area contributed by atoms with E-state index >= 15 is 0 Å². The molecule has 0 bridgehead atoms. The predicted octanol–water partition coefficient (Wildman–Crippen LogP) is 1.90. The number of hydrogen-bond donors (Lipinski definition) is 0. The first-order chi connectivity index (χ1) is 7.86. The number of para-hydroxylation sites is 1. The first-order valence-electron chi connectivity index (χ1n) is 4.97. The maximum Gasteiger partial charge on any atom is 0.214 e. The van der Waals surface area contributed by atoms with Crippen LogP contribution >= 0.6 is 0 Å². The molecule has 1 atom stereocenters. The van der Waals surface area contributed by atoms with Crippen LogP contribution in [0.1, 0.15) is 0 Å². The molecule has 16 heavy (non-hydrogen) atoms. The topological polar surface area (TPSA) is 35.5 Å². The molecule has 0 amide bonds. The molecule has 0 saturated carbocycles. The van der Waals surface area contributed by atoms with Gasteiger partial charge in [0.15, 0.2) is 12.7 Å². The lowest BCUT2D eigenvalue weighted by Crippen LogP contribution is -2.26.